The molecule has 0 aromatic heterocycles. The molecule has 18 heavy (non-hydrogen) atoms. The van der Waals surface area contributed by atoms with Gasteiger partial charge in [-0.1, -0.05) is 20.3 Å². The third kappa shape index (κ3) is 4.04. The third-order valence-corrected chi connectivity index (χ3v) is 4.23. The zero-order valence-corrected chi connectivity index (χ0v) is 12.1. The minimum absolute atomic E-state index is 0.0673. The number of ether oxygens (including phenoxy) is 1. The maximum atomic E-state index is 12.1. The molecule has 0 aromatic rings. The molecule has 1 heterocycles. The first kappa shape index (κ1) is 15.6. The number of nitrogens with one attached hydrogen (secondary N) is 1. The summed E-state index contributed by atoms with van der Waals surface area (Å²) in [5, 5.41) is 3.29. The number of carbonyl (C=O) groups is 1. The van der Waals surface area contributed by atoms with Crippen molar-refractivity contribution < 1.29 is 9.53 Å². The van der Waals surface area contributed by atoms with Crippen LogP contribution in [0.5, 0.6) is 0 Å². The number of hydrogen-bond acceptors (Lipinski definition) is 4. The van der Waals surface area contributed by atoms with E-state index in [4.69, 9.17) is 10.5 Å². The largest absolute Gasteiger partial charge is 0.379 e. The zero-order chi connectivity index (χ0) is 13.7. The van der Waals surface area contributed by atoms with Crippen LogP contribution in [0.15, 0.2) is 0 Å². The van der Waals surface area contributed by atoms with Crippen LogP contribution in [0.4, 0.5) is 0 Å². The van der Waals surface area contributed by atoms with Crippen LogP contribution >= 0.6 is 0 Å². The first-order valence-corrected chi connectivity index (χ1v) is 7.01. The van der Waals surface area contributed by atoms with E-state index < -0.39 is 0 Å². The van der Waals surface area contributed by atoms with E-state index in [1.807, 2.05) is 6.92 Å². The maximum Gasteiger partial charge on any atom is 0.152 e. The molecule has 0 aliphatic carbocycles. The van der Waals surface area contributed by atoms with Crippen molar-refractivity contribution in [1.29, 1.82) is 0 Å². The summed E-state index contributed by atoms with van der Waals surface area (Å²) in [5.74, 6) is 0.430. The van der Waals surface area contributed by atoms with Gasteiger partial charge in [-0.25, -0.2) is 0 Å². The first-order valence-electron chi connectivity index (χ1n) is 7.01. The summed E-state index contributed by atoms with van der Waals surface area (Å²) in [7, 11) is 1.65. The highest BCUT2D eigenvalue weighted by Crippen LogP contribution is 2.21. The molecule has 0 bridgehead atoms. The van der Waals surface area contributed by atoms with Crippen LogP contribution in [-0.4, -0.2) is 37.6 Å². The highest BCUT2D eigenvalue weighted by Gasteiger charge is 2.32. The van der Waals surface area contributed by atoms with E-state index in [0.29, 0.717) is 18.5 Å². The smallest absolute Gasteiger partial charge is 0.152 e. The van der Waals surface area contributed by atoms with Crippen LogP contribution in [0.1, 0.15) is 40.0 Å². The summed E-state index contributed by atoms with van der Waals surface area (Å²) in [5.41, 5.74) is 6.26. The summed E-state index contributed by atoms with van der Waals surface area (Å²) in [6, 6.07) is 0.325. The predicted molar refractivity (Wildman–Crippen MR) is 73.4 cm³/mol. The van der Waals surface area contributed by atoms with Gasteiger partial charge in [0.25, 0.3) is 0 Å². The van der Waals surface area contributed by atoms with E-state index in [1.54, 1.807) is 7.11 Å². The van der Waals surface area contributed by atoms with Gasteiger partial charge < -0.3 is 15.8 Å². The number of carbonyl (C=O) groups excluding carboxylic acids is 1. The molecule has 106 valence electrons. The molecular formula is C14H28N2O2. The minimum Gasteiger partial charge on any atom is -0.379 e. The molecule has 1 aliphatic heterocycles. The molecule has 0 aromatic carbocycles. The Morgan fingerprint density at radius 3 is 2.56 bits per heavy atom. The molecular weight excluding hydrogens is 228 g/mol. The standard InChI is InChI=1S/C14H28N2O2/c1-9-6-5-7-10(2)16-8-12(17)11(3)14(18-4)13(9)15/h9-11,13-14,16H,5-8,15H2,1-4H3. The van der Waals surface area contributed by atoms with Crippen LogP contribution in [-0.2, 0) is 9.53 Å². The van der Waals surface area contributed by atoms with Gasteiger partial charge in [-0.15, -0.1) is 0 Å². The lowest BCUT2D eigenvalue weighted by atomic mass is 9.85. The summed E-state index contributed by atoms with van der Waals surface area (Å²) in [6.07, 6.45) is 3.15. The Balaban J connectivity index is 2.81. The van der Waals surface area contributed by atoms with Crippen LogP contribution in [0.2, 0.25) is 0 Å². The fourth-order valence-electron chi connectivity index (χ4n) is 2.68. The quantitative estimate of drug-likeness (QED) is 0.743. The number of nitrogens with two attached hydrogens (primary N) is 1. The minimum atomic E-state index is -0.178. The van der Waals surface area contributed by atoms with Gasteiger partial charge >= 0.3 is 0 Å². The summed E-state index contributed by atoms with van der Waals surface area (Å²) < 4.78 is 5.48. The van der Waals surface area contributed by atoms with Gasteiger partial charge in [-0.05, 0) is 25.7 Å². The number of hydrogen-bond donors (Lipinski definition) is 2. The zero-order valence-electron chi connectivity index (χ0n) is 12.1. The molecule has 1 aliphatic rings. The van der Waals surface area contributed by atoms with E-state index in [2.05, 4.69) is 19.2 Å². The Bertz CT molecular complexity index is 271. The van der Waals surface area contributed by atoms with E-state index in [9.17, 15) is 4.79 Å². The molecule has 3 N–H and O–H groups in total. The van der Waals surface area contributed by atoms with Crippen molar-refractivity contribution in [1.82, 2.24) is 5.32 Å². The van der Waals surface area contributed by atoms with Gasteiger partial charge in [0, 0.05) is 25.1 Å². The van der Waals surface area contributed by atoms with Gasteiger partial charge in [-0.3, -0.25) is 4.79 Å². The Kier molecular flexibility index (Phi) is 6.26. The molecule has 0 saturated carbocycles. The molecule has 1 rings (SSSR count). The Labute approximate surface area is 111 Å². The normalized spacial score (nSPS) is 40.3. The fourth-order valence-corrected chi connectivity index (χ4v) is 2.68. The number of rotatable bonds is 1. The van der Waals surface area contributed by atoms with E-state index >= 15 is 0 Å². The lowest BCUT2D eigenvalue weighted by molar-refractivity contribution is -0.126. The van der Waals surface area contributed by atoms with Crippen molar-refractivity contribution in [3.05, 3.63) is 0 Å². The van der Waals surface area contributed by atoms with E-state index in [1.165, 1.54) is 0 Å². The second-order valence-corrected chi connectivity index (χ2v) is 5.72. The van der Waals surface area contributed by atoms with Gasteiger partial charge in [0.15, 0.2) is 5.78 Å². The third-order valence-electron chi connectivity index (χ3n) is 4.23. The maximum absolute atomic E-state index is 12.1. The average molecular weight is 256 g/mol. The fraction of sp³-hybridized carbons (Fsp3) is 0.929. The Morgan fingerprint density at radius 2 is 1.94 bits per heavy atom. The lowest BCUT2D eigenvalue weighted by Gasteiger charge is -2.31. The Morgan fingerprint density at radius 1 is 1.28 bits per heavy atom. The molecule has 4 heteroatoms. The summed E-state index contributed by atoms with van der Waals surface area (Å²) in [6.45, 7) is 6.63. The highest BCUT2D eigenvalue weighted by atomic mass is 16.5. The average Bonchev–Trinajstić information content (AvgIpc) is 2.36. The first-order chi connectivity index (χ1) is 8.47. The number of ketones is 1. The van der Waals surface area contributed by atoms with Crippen molar-refractivity contribution >= 4 is 5.78 Å². The van der Waals surface area contributed by atoms with Gasteiger partial charge in [-0.2, -0.15) is 0 Å². The monoisotopic (exact) mass is 256 g/mol. The second kappa shape index (κ2) is 7.22. The van der Waals surface area contributed by atoms with Crippen molar-refractivity contribution in [3.63, 3.8) is 0 Å². The molecule has 5 unspecified atom stereocenters. The summed E-state index contributed by atoms with van der Waals surface area (Å²) >= 11 is 0. The van der Waals surface area contributed by atoms with Crippen LogP contribution in [0, 0.1) is 11.8 Å². The van der Waals surface area contributed by atoms with Gasteiger partial charge in [0.2, 0.25) is 0 Å². The van der Waals surface area contributed by atoms with E-state index in [0.717, 1.165) is 19.3 Å². The number of Topliss-reactive ketones (excluding diaryl/α,β-unsaturated/α-hetero) is 1. The van der Waals surface area contributed by atoms with Gasteiger partial charge in [0.1, 0.15) is 0 Å². The molecule has 4 nitrogen and oxygen atoms in total. The van der Waals surface area contributed by atoms with Gasteiger partial charge in [0.05, 0.1) is 12.6 Å². The van der Waals surface area contributed by atoms with Crippen molar-refractivity contribution in [3.8, 4) is 0 Å². The molecule has 0 radical (unpaired) electrons. The SMILES string of the molecule is COC1C(C)C(=O)CNC(C)CCCC(C)C1N. The highest BCUT2D eigenvalue weighted by molar-refractivity contribution is 5.83. The molecule has 1 saturated heterocycles. The van der Waals surface area contributed by atoms with Crippen LogP contribution in [0.3, 0.4) is 0 Å². The second-order valence-electron chi connectivity index (χ2n) is 5.72. The number of methoxy groups -OCH3 is 1. The van der Waals surface area contributed by atoms with Crippen LogP contribution in [0.25, 0.3) is 0 Å². The molecule has 0 amide bonds. The molecule has 5 atom stereocenters. The van der Waals surface area contributed by atoms with Crippen molar-refractivity contribution in [2.45, 2.75) is 58.2 Å². The Hall–Kier alpha value is -0.450. The summed E-state index contributed by atoms with van der Waals surface area (Å²) in [4.78, 5) is 12.1. The topological polar surface area (TPSA) is 64.3 Å². The van der Waals surface area contributed by atoms with Crippen molar-refractivity contribution in [2.75, 3.05) is 13.7 Å². The predicted octanol–water partition coefficient (Wildman–Crippen LogP) is 1.33. The van der Waals surface area contributed by atoms with E-state index in [-0.39, 0.29) is 23.8 Å². The van der Waals surface area contributed by atoms with Crippen molar-refractivity contribution in [2.24, 2.45) is 17.6 Å². The molecule has 1 fully saturated rings. The van der Waals surface area contributed by atoms with Crippen LogP contribution < -0.4 is 11.1 Å². The lowest BCUT2D eigenvalue weighted by Crippen LogP contribution is -2.48. The molecule has 0 spiro atoms.